The monoisotopic (exact) mass is 242 g/mol. The summed E-state index contributed by atoms with van der Waals surface area (Å²) in [4.78, 5) is 4.39. The molecular formula is C12H10N4S. The Morgan fingerprint density at radius 1 is 1.24 bits per heavy atom. The molecule has 4 nitrogen and oxygen atoms in total. The van der Waals surface area contributed by atoms with Crippen molar-refractivity contribution in [1.29, 1.82) is 0 Å². The zero-order chi connectivity index (χ0) is 11.5. The van der Waals surface area contributed by atoms with E-state index in [9.17, 15) is 0 Å². The van der Waals surface area contributed by atoms with E-state index in [-0.39, 0.29) is 0 Å². The lowest BCUT2D eigenvalue weighted by molar-refractivity contribution is 0.998. The molecule has 84 valence electrons. The second kappa shape index (κ2) is 4.47. The molecule has 2 heterocycles. The molecule has 5 heteroatoms. The average molecular weight is 242 g/mol. The Hall–Kier alpha value is -2.01. The van der Waals surface area contributed by atoms with Gasteiger partial charge in [0.1, 0.15) is 0 Å². The van der Waals surface area contributed by atoms with Crippen molar-refractivity contribution in [1.82, 2.24) is 14.6 Å². The van der Waals surface area contributed by atoms with Crippen LogP contribution in [0.2, 0.25) is 0 Å². The molecule has 0 saturated carbocycles. The van der Waals surface area contributed by atoms with Gasteiger partial charge in [-0.3, -0.25) is 4.98 Å². The van der Waals surface area contributed by atoms with Crippen molar-refractivity contribution in [2.24, 2.45) is 0 Å². The first kappa shape index (κ1) is 10.2. The van der Waals surface area contributed by atoms with Crippen LogP contribution in [-0.4, -0.2) is 14.6 Å². The van der Waals surface area contributed by atoms with Gasteiger partial charge in [-0.25, -0.2) is 0 Å². The largest absolute Gasteiger partial charge is 0.378 e. The van der Waals surface area contributed by atoms with Gasteiger partial charge in [0, 0.05) is 10.8 Å². The van der Waals surface area contributed by atoms with Gasteiger partial charge in [-0.1, -0.05) is 22.7 Å². The van der Waals surface area contributed by atoms with Crippen molar-refractivity contribution in [3.8, 4) is 0 Å². The molecule has 1 aromatic carbocycles. The number of fused-ring (bicyclic) bond motifs is 1. The number of benzene rings is 1. The van der Waals surface area contributed by atoms with Gasteiger partial charge in [0.15, 0.2) is 0 Å². The Bertz CT molecular complexity index is 621. The maximum Gasteiger partial charge on any atom is 0.0946 e. The van der Waals surface area contributed by atoms with Gasteiger partial charge in [0.25, 0.3) is 0 Å². The summed E-state index contributed by atoms with van der Waals surface area (Å²) < 4.78 is 3.82. The first-order valence-corrected chi connectivity index (χ1v) is 6.10. The summed E-state index contributed by atoms with van der Waals surface area (Å²) in [7, 11) is 0. The molecule has 0 aliphatic rings. The second-order valence-corrected chi connectivity index (χ2v) is 4.28. The van der Waals surface area contributed by atoms with Crippen LogP contribution in [0.5, 0.6) is 0 Å². The highest BCUT2D eigenvalue weighted by molar-refractivity contribution is 7.03. The Balaban J connectivity index is 1.81. The van der Waals surface area contributed by atoms with Crippen molar-refractivity contribution in [3.63, 3.8) is 0 Å². The summed E-state index contributed by atoms with van der Waals surface area (Å²) in [5.41, 5.74) is 2.95. The van der Waals surface area contributed by atoms with E-state index < -0.39 is 0 Å². The molecule has 17 heavy (non-hydrogen) atoms. The first-order chi connectivity index (χ1) is 8.42. The third-order valence-corrected chi connectivity index (χ3v) is 3.02. The summed E-state index contributed by atoms with van der Waals surface area (Å²) in [6.07, 6.45) is 1.84. The van der Waals surface area contributed by atoms with Crippen LogP contribution in [0.15, 0.2) is 41.9 Å². The highest BCUT2D eigenvalue weighted by Crippen LogP contribution is 2.16. The highest BCUT2D eigenvalue weighted by atomic mass is 32.1. The fourth-order valence-corrected chi connectivity index (χ4v) is 2.07. The molecule has 2 aromatic heterocycles. The summed E-state index contributed by atoms with van der Waals surface area (Å²) in [5.74, 6) is 0. The lowest BCUT2D eigenvalue weighted by atomic mass is 10.2. The number of rotatable bonds is 3. The number of nitrogens with zero attached hydrogens (tertiary/aromatic N) is 3. The molecule has 0 amide bonds. The standard InChI is InChI=1S/C12H10N4S/c1-2-4-12-9(3-1)5-10(6-14-12)13-7-11-8-17-16-15-11/h1-6,8,13H,7H2. The van der Waals surface area contributed by atoms with Crippen molar-refractivity contribution in [2.45, 2.75) is 6.54 Å². The van der Waals surface area contributed by atoms with Gasteiger partial charge in [0.2, 0.25) is 0 Å². The molecule has 0 radical (unpaired) electrons. The fraction of sp³-hybridized carbons (Fsp3) is 0.0833. The predicted molar refractivity (Wildman–Crippen MR) is 69.0 cm³/mol. The maximum absolute atomic E-state index is 4.39. The molecule has 1 N–H and O–H groups in total. The van der Waals surface area contributed by atoms with Crippen LogP contribution in [-0.2, 0) is 6.54 Å². The Morgan fingerprint density at radius 2 is 2.18 bits per heavy atom. The van der Waals surface area contributed by atoms with Crippen LogP contribution < -0.4 is 5.32 Å². The van der Waals surface area contributed by atoms with Crippen LogP contribution in [0.3, 0.4) is 0 Å². The minimum absolute atomic E-state index is 0.677. The summed E-state index contributed by atoms with van der Waals surface area (Å²) >= 11 is 1.36. The van der Waals surface area contributed by atoms with E-state index in [4.69, 9.17) is 0 Å². The molecule has 0 fully saturated rings. The molecule has 0 saturated heterocycles. The SMILES string of the molecule is c1ccc2ncc(NCc3csnn3)cc2c1. The van der Waals surface area contributed by atoms with E-state index >= 15 is 0 Å². The van der Waals surface area contributed by atoms with Crippen LogP contribution in [0.25, 0.3) is 10.9 Å². The Labute approximate surface area is 102 Å². The number of hydrogen-bond acceptors (Lipinski definition) is 5. The van der Waals surface area contributed by atoms with E-state index in [1.165, 1.54) is 11.5 Å². The van der Waals surface area contributed by atoms with E-state index in [2.05, 4.69) is 32.0 Å². The van der Waals surface area contributed by atoms with E-state index in [1.54, 1.807) is 0 Å². The van der Waals surface area contributed by atoms with E-state index in [0.717, 1.165) is 22.3 Å². The first-order valence-electron chi connectivity index (χ1n) is 5.26. The van der Waals surface area contributed by atoms with Gasteiger partial charge >= 0.3 is 0 Å². The van der Waals surface area contributed by atoms with Crippen molar-refractivity contribution in [2.75, 3.05) is 5.32 Å². The van der Waals surface area contributed by atoms with Gasteiger partial charge in [-0.05, 0) is 23.7 Å². The van der Waals surface area contributed by atoms with Crippen LogP contribution in [0.4, 0.5) is 5.69 Å². The number of hydrogen-bond donors (Lipinski definition) is 1. The highest BCUT2D eigenvalue weighted by Gasteiger charge is 1.99. The van der Waals surface area contributed by atoms with Crippen LogP contribution in [0.1, 0.15) is 5.69 Å². The molecule has 0 spiro atoms. The zero-order valence-electron chi connectivity index (χ0n) is 9.00. The minimum Gasteiger partial charge on any atom is -0.378 e. The fourth-order valence-electron chi connectivity index (χ4n) is 1.62. The number of pyridine rings is 1. The normalized spacial score (nSPS) is 10.6. The average Bonchev–Trinajstić information content (AvgIpc) is 2.89. The lowest BCUT2D eigenvalue weighted by Crippen LogP contribution is -2.00. The topological polar surface area (TPSA) is 50.7 Å². The molecule has 0 aliphatic heterocycles. The number of anilines is 1. The molecule has 0 bridgehead atoms. The smallest absolute Gasteiger partial charge is 0.0946 e. The summed E-state index contributed by atoms with van der Waals surface area (Å²) in [5, 5.41) is 10.3. The zero-order valence-corrected chi connectivity index (χ0v) is 9.81. The molecule has 0 unspecified atom stereocenters. The van der Waals surface area contributed by atoms with Gasteiger partial charge in [-0.15, -0.1) is 5.10 Å². The summed E-state index contributed by atoms with van der Waals surface area (Å²) in [6, 6.07) is 10.1. The van der Waals surface area contributed by atoms with Crippen molar-refractivity contribution >= 4 is 28.1 Å². The van der Waals surface area contributed by atoms with Crippen LogP contribution in [0, 0.1) is 0 Å². The molecule has 0 atom stereocenters. The Morgan fingerprint density at radius 3 is 3.06 bits per heavy atom. The minimum atomic E-state index is 0.677. The number of para-hydroxylation sites is 1. The van der Waals surface area contributed by atoms with Gasteiger partial charge < -0.3 is 5.32 Å². The van der Waals surface area contributed by atoms with Crippen molar-refractivity contribution < 1.29 is 0 Å². The lowest BCUT2D eigenvalue weighted by Gasteiger charge is -2.04. The molecular weight excluding hydrogens is 232 g/mol. The molecule has 3 aromatic rings. The van der Waals surface area contributed by atoms with Crippen LogP contribution >= 0.6 is 11.5 Å². The third kappa shape index (κ3) is 2.24. The van der Waals surface area contributed by atoms with E-state index in [0.29, 0.717) is 6.54 Å². The van der Waals surface area contributed by atoms with Gasteiger partial charge in [-0.2, -0.15) is 0 Å². The molecule has 0 aliphatic carbocycles. The predicted octanol–water partition coefficient (Wildman–Crippen LogP) is 2.70. The number of aromatic nitrogens is 3. The second-order valence-electron chi connectivity index (χ2n) is 3.67. The van der Waals surface area contributed by atoms with E-state index in [1.807, 2.05) is 29.8 Å². The van der Waals surface area contributed by atoms with Crippen molar-refractivity contribution in [3.05, 3.63) is 47.6 Å². The quantitative estimate of drug-likeness (QED) is 0.767. The number of nitrogens with one attached hydrogen (secondary N) is 1. The maximum atomic E-state index is 4.39. The van der Waals surface area contributed by atoms with Gasteiger partial charge in [0.05, 0.1) is 29.6 Å². The molecule has 3 rings (SSSR count). The summed E-state index contributed by atoms with van der Waals surface area (Å²) in [6.45, 7) is 0.677. The Kier molecular flexibility index (Phi) is 2.67. The third-order valence-electron chi connectivity index (χ3n) is 2.47.